The first-order valence-corrected chi connectivity index (χ1v) is 5.92. The number of pyridine rings is 1. The summed E-state index contributed by atoms with van der Waals surface area (Å²) >= 11 is 0. The molecule has 0 aromatic carbocycles. The first-order chi connectivity index (χ1) is 8.40. The molecule has 0 spiro atoms. The summed E-state index contributed by atoms with van der Waals surface area (Å²) in [7, 11) is 0. The van der Waals surface area contributed by atoms with E-state index >= 15 is 0 Å². The molecule has 0 fully saturated rings. The van der Waals surface area contributed by atoms with Crippen molar-refractivity contribution in [1.82, 2.24) is 4.98 Å². The highest BCUT2D eigenvalue weighted by Crippen LogP contribution is 2.23. The molecule has 0 amide bonds. The lowest BCUT2D eigenvalue weighted by atomic mass is 9.88. The summed E-state index contributed by atoms with van der Waals surface area (Å²) in [6, 6.07) is 5.53. The Bertz CT molecular complexity index is 452. The maximum Gasteiger partial charge on any atom is 0.329 e. The van der Waals surface area contributed by atoms with Crippen LogP contribution in [-0.4, -0.2) is 17.6 Å². The predicted octanol–water partition coefficient (Wildman–Crippen LogP) is 2.55. The Labute approximate surface area is 108 Å². The molecule has 0 saturated heterocycles. The van der Waals surface area contributed by atoms with Gasteiger partial charge in [-0.25, -0.2) is 0 Å². The molecule has 96 valence electrons. The van der Waals surface area contributed by atoms with Crippen molar-refractivity contribution in [3.63, 3.8) is 0 Å². The van der Waals surface area contributed by atoms with Gasteiger partial charge in [0.2, 0.25) is 0 Å². The van der Waals surface area contributed by atoms with Crippen molar-refractivity contribution in [3.8, 4) is 6.07 Å². The Hall–Kier alpha value is -1.89. The zero-order valence-electron chi connectivity index (χ0n) is 11.2. The van der Waals surface area contributed by atoms with Crippen LogP contribution in [0.5, 0.6) is 0 Å². The summed E-state index contributed by atoms with van der Waals surface area (Å²) in [5.41, 5.74) is 1.49. The monoisotopic (exact) mass is 246 g/mol. The van der Waals surface area contributed by atoms with Crippen molar-refractivity contribution in [1.29, 1.82) is 5.26 Å². The lowest BCUT2D eigenvalue weighted by Crippen LogP contribution is -2.17. The highest BCUT2D eigenvalue weighted by atomic mass is 16.5. The molecule has 0 N–H and O–H groups in total. The standard InChI is InChI=1S/C14H18N2O2/c1-5-18-13(17)11(8-15)12-7-6-10(9-16-12)14(2,3)4/h6-7,9,11H,5H2,1-4H3. The Morgan fingerprint density at radius 1 is 1.50 bits per heavy atom. The third-order valence-electron chi connectivity index (χ3n) is 2.60. The van der Waals surface area contributed by atoms with E-state index in [0.29, 0.717) is 5.69 Å². The minimum atomic E-state index is -0.945. The molecular formula is C14H18N2O2. The van der Waals surface area contributed by atoms with E-state index in [9.17, 15) is 4.79 Å². The van der Waals surface area contributed by atoms with Crippen molar-refractivity contribution in [2.24, 2.45) is 0 Å². The number of carbonyl (C=O) groups is 1. The summed E-state index contributed by atoms with van der Waals surface area (Å²) in [6.07, 6.45) is 1.71. The molecule has 4 heteroatoms. The molecule has 0 bridgehead atoms. The SMILES string of the molecule is CCOC(=O)C(C#N)c1ccc(C(C)(C)C)cn1. The van der Waals surface area contributed by atoms with Crippen LogP contribution in [0, 0.1) is 11.3 Å². The normalized spacial score (nSPS) is 12.6. The Kier molecular flexibility index (Phi) is 4.43. The summed E-state index contributed by atoms with van der Waals surface area (Å²) < 4.78 is 4.85. The van der Waals surface area contributed by atoms with Crippen LogP contribution >= 0.6 is 0 Å². The van der Waals surface area contributed by atoms with Crippen LogP contribution in [0.15, 0.2) is 18.3 Å². The molecule has 0 saturated carbocycles. The van der Waals surface area contributed by atoms with Crippen LogP contribution in [0.4, 0.5) is 0 Å². The Balaban J connectivity index is 2.97. The fourth-order valence-electron chi connectivity index (χ4n) is 1.48. The van der Waals surface area contributed by atoms with Gasteiger partial charge >= 0.3 is 5.97 Å². The third kappa shape index (κ3) is 3.30. The number of hydrogen-bond donors (Lipinski definition) is 0. The summed E-state index contributed by atoms with van der Waals surface area (Å²) in [5, 5.41) is 9.01. The number of esters is 1. The van der Waals surface area contributed by atoms with Gasteiger partial charge in [0.1, 0.15) is 0 Å². The average molecular weight is 246 g/mol. The number of carbonyl (C=O) groups excluding carboxylic acids is 1. The quantitative estimate of drug-likeness (QED) is 0.769. The van der Waals surface area contributed by atoms with Crippen LogP contribution in [-0.2, 0) is 14.9 Å². The smallest absolute Gasteiger partial charge is 0.329 e. The zero-order valence-corrected chi connectivity index (χ0v) is 11.2. The van der Waals surface area contributed by atoms with E-state index in [1.807, 2.05) is 12.1 Å². The number of aromatic nitrogens is 1. The average Bonchev–Trinajstić information content (AvgIpc) is 2.30. The van der Waals surface area contributed by atoms with Gasteiger partial charge in [-0.1, -0.05) is 26.8 Å². The van der Waals surface area contributed by atoms with E-state index in [1.165, 1.54) is 0 Å². The van der Waals surface area contributed by atoms with Gasteiger partial charge in [-0.3, -0.25) is 9.78 Å². The van der Waals surface area contributed by atoms with E-state index in [1.54, 1.807) is 19.2 Å². The zero-order chi connectivity index (χ0) is 13.8. The van der Waals surface area contributed by atoms with Crippen LogP contribution in [0.2, 0.25) is 0 Å². The first-order valence-electron chi connectivity index (χ1n) is 5.92. The van der Waals surface area contributed by atoms with Crippen molar-refractivity contribution in [2.75, 3.05) is 6.61 Å². The Morgan fingerprint density at radius 3 is 2.56 bits per heavy atom. The van der Waals surface area contributed by atoms with Crippen molar-refractivity contribution in [2.45, 2.75) is 39.0 Å². The largest absolute Gasteiger partial charge is 0.465 e. The molecule has 1 heterocycles. The van der Waals surface area contributed by atoms with Gasteiger partial charge < -0.3 is 4.74 Å². The highest BCUT2D eigenvalue weighted by Gasteiger charge is 2.23. The second-order valence-electron chi connectivity index (χ2n) is 5.04. The molecule has 4 nitrogen and oxygen atoms in total. The topological polar surface area (TPSA) is 63.0 Å². The molecule has 0 aliphatic carbocycles. The van der Waals surface area contributed by atoms with Crippen LogP contribution < -0.4 is 0 Å². The minimum Gasteiger partial charge on any atom is -0.465 e. The van der Waals surface area contributed by atoms with Crippen molar-refractivity contribution in [3.05, 3.63) is 29.6 Å². The molecular weight excluding hydrogens is 228 g/mol. The van der Waals surface area contributed by atoms with Crippen molar-refractivity contribution < 1.29 is 9.53 Å². The number of nitriles is 1. The molecule has 0 aliphatic heterocycles. The molecule has 0 aliphatic rings. The predicted molar refractivity (Wildman–Crippen MR) is 67.9 cm³/mol. The maximum atomic E-state index is 11.6. The summed E-state index contributed by atoms with van der Waals surface area (Å²) in [5.74, 6) is -1.49. The number of nitrogens with zero attached hydrogens (tertiary/aromatic N) is 2. The van der Waals surface area contributed by atoms with Crippen LogP contribution in [0.25, 0.3) is 0 Å². The minimum absolute atomic E-state index is 0.00238. The van der Waals surface area contributed by atoms with Gasteiger partial charge in [0.05, 0.1) is 18.4 Å². The third-order valence-corrected chi connectivity index (χ3v) is 2.60. The fourth-order valence-corrected chi connectivity index (χ4v) is 1.48. The molecule has 1 aromatic heterocycles. The van der Waals surface area contributed by atoms with Gasteiger partial charge in [0, 0.05) is 6.20 Å². The fraction of sp³-hybridized carbons (Fsp3) is 0.500. The van der Waals surface area contributed by atoms with Crippen LogP contribution in [0.3, 0.4) is 0 Å². The van der Waals surface area contributed by atoms with E-state index in [2.05, 4.69) is 25.8 Å². The summed E-state index contributed by atoms with van der Waals surface area (Å²) in [4.78, 5) is 15.8. The highest BCUT2D eigenvalue weighted by molar-refractivity contribution is 5.80. The molecule has 1 unspecified atom stereocenters. The molecule has 0 radical (unpaired) electrons. The molecule has 1 aromatic rings. The van der Waals surface area contributed by atoms with E-state index in [-0.39, 0.29) is 12.0 Å². The Morgan fingerprint density at radius 2 is 2.17 bits per heavy atom. The van der Waals surface area contributed by atoms with E-state index in [4.69, 9.17) is 10.00 Å². The van der Waals surface area contributed by atoms with Crippen molar-refractivity contribution >= 4 is 5.97 Å². The van der Waals surface area contributed by atoms with Gasteiger partial charge in [0.15, 0.2) is 5.92 Å². The summed E-state index contributed by atoms with van der Waals surface area (Å²) in [6.45, 7) is 8.21. The molecule has 1 atom stereocenters. The van der Waals surface area contributed by atoms with E-state index in [0.717, 1.165) is 5.56 Å². The second kappa shape index (κ2) is 5.63. The molecule has 18 heavy (non-hydrogen) atoms. The lowest BCUT2D eigenvalue weighted by Gasteiger charge is -2.18. The second-order valence-corrected chi connectivity index (χ2v) is 5.04. The van der Waals surface area contributed by atoms with E-state index < -0.39 is 11.9 Å². The molecule has 1 rings (SSSR count). The van der Waals surface area contributed by atoms with Gasteiger partial charge in [-0.2, -0.15) is 5.26 Å². The van der Waals surface area contributed by atoms with Gasteiger partial charge in [-0.15, -0.1) is 0 Å². The van der Waals surface area contributed by atoms with Crippen LogP contribution in [0.1, 0.15) is 44.9 Å². The van der Waals surface area contributed by atoms with Gasteiger partial charge in [0.25, 0.3) is 0 Å². The maximum absolute atomic E-state index is 11.6. The van der Waals surface area contributed by atoms with Gasteiger partial charge in [-0.05, 0) is 24.0 Å². The number of rotatable bonds is 3. The first kappa shape index (κ1) is 14.2. The lowest BCUT2D eigenvalue weighted by molar-refractivity contribution is -0.143. The number of hydrogen-bond acceptors (Lipinski definition) is 4. The number of ether oxygens (including phenoxy) is 1.